The molecule has 1 atom stereocenters. The fraction of sp³-hybridized carbons (Fsp3) is 0.333. The third kappa shape index (κ3) is 3.58. The molecule has 0 spiro atoms. The molecule has 5 rings (SSSR count). The van der Waals surface area contributed by atoms with Crippen LogP contribution in [0.15, 0.2) is 60.9 Å². The second-order valence-electron chi connectivity index (χ2n) is 8.01. The van der Waals surface area contributed by atoms with E-state index in [9.17, 15) is 0 Å². The van der Waals surface area contributed by atoms with Gasteiger partial charge < -0.3 is 9.88 Å². The molecule has 5 nitrogen and oxygen atoms in total. The molecule has 1 unspecified atom stereocenters. The second-order valence-corrected chi connectivity index (χ2v) is 8.01. The van der Waals surface area contributed by atoms with Crippen molar-refractivity contribution in [2.24, 2.45) is 0 Å². The lowest BCUT2D eigenvalue weighted by Crippen LogP contribution is -2.47. The summed E-state index contributed by atoms with van der Waals surface area (Å²) in [5, 5.41) is 2.65. The van der Waals surface area contributed by atoms with Gasteiger partial charge in [0.25, 0.3) is 0 Å². The molecule has 1 aliphatic heterocycles. The molecule has 0 radical (unpaired) electrons. The number of para-hydroxylation sites is 2. The molecule has 4 aromatic rings. The lowest BCUT2D eigenvalue weighted by molar-refractivity contribution is 0.249. The number of nitrogens with one attached hydrogen (secondary N) is 1. The fourth-order valence-corrected chi connectivity index (χ4v) is 4.46. The van der Waals surface area contributed by atoms with Crippen molar-refractivity contribution in [3.05, 3.63) is 66.5 Å². The average molecular weight is 386 g/mol. The van der Waals surface area contributed by atoms with Crippen molar-refractivity contribution >= 4 is 27.8 Å². The van der Waals surface area contributed by atoms with Crippen LogP contribution in [0.3, 0.4) is 0 Å². The van der Waals surface area contributed by atoms with Gasteiger partial charge in [-0.05, 0) is 36.6 Å². The number of fused-ring (bicyclic) bond motifs is 3. The van der Waals surface area contributed by atoms with E-state index in [1.165, 1.54) is 27.4 Å². The van der Waals surface area contributed by atoms with Crippen LogP contribution in [-0.4, -0.2) is 52.6 Å². The molecule has 0 amide bonds. The van der Waals surface area contributed by atoms with Crippen LogP contribution in [-0.2, 0) is 0 Å². The van der Waals surface area contributed by atoms with E-state index < -0.39 is 0 Å². The van der Waals surface area contributed by atoms with Gasteiger partial charge in [-0.1, -0.05) is 43.3 Å². The second kappa shape index (κ2) is 7.84. The van der Waals surface area contributed by atoms with Crippen LogP contribution in [0.4, 0.5) is 5.95 Å². The maximum absolute atomic E-state index is 4.38. The highest BCUT2D eigenvalue weighted by molar-refractivity contribution is 6.08. The summed E-state index contributed by atoms with van der Waals surface area (Å²) in [4.78, 5) is 17.3. The van der Waals surface area contributed by atoms with Crippen LogP contribution >= 0.6 is 0 Å². The molecule has 148 valence electrons. The minimum atomic E-state index is 0.516. The molecule has 0 saturated carbocycles. The third-order valence-corrected chi connectivity index (χ3v) is 6.19. The summed E-state index contributed by atoms with van der Waals surface area (Å²) in [7, 11) is 0. The summed E-state index contributed by atoms with van der Waals surface area (Å²) in [6, 6.07) is 17.2. The van der Waals surface area contributed by atoms with E-state index in [4.69, 9.17) is 0 Å². The zero-order valence-electron chi connectivity index (χ0n) is 16.9. The number of aromatic nitrogens is 3. The van der Waals surface area contributed by atoms with Crippen LogP contribution < -0.4 is 4.90 Å². The summed E-state index contributed by atoms with van der Waals surface area (Å²) in [6.07, 6.45) is 4.80. The molecule has 0 bridgehead atoms. The number of nitrogens with zero attached hydrogens (tertiary/aromatic N) is 4. The summed E-state index contributed by atoms with van der Waals surface area (Å²) in [6.45, 7) is 7.62. The van der Waals surface area contributed by atoms with E-state index in [1.54, 1.807) is 0 Å². The number of rotatable bonds is 5. The van der Waals surface area contributed by atoms with E-state index in [1.807, 2.05) is 18.5 Å². The highest BCUT2D eigenvalue weighted by Crippen LogP contribution is 2.32. The Morgan fingerprint density at radius 3 is 2.48 bits per heavy atom. The number of anilines is 1. The zero-order valence-corrected chi connectivity index (χ0v) is 16.9. The van der Waals surface area contributed by atoms with Crippen molar-refractivity contribution in [2.75, 3.05) is 37.6 Å². The number of benzene rings is 2. The smallest absolute Gasteiger partial charge is 0.225 e. The lowest BCUT2D eigenvalue weighted by atomic mass is 9.95. The van der Waals surface area contributed by atoms with Crippen molar-refractivity contribution < 1.29 is 0 Å². The van der Waals surface area contributed by atoms with E-state index in [0.717, 1.165) is 45.1 Å². The Bertz CT molecular complexity index is 1100. The maximum Gasteiger partial charge on any atom is 0.225 e. The Morgan fingerprint density at radius 2 is 1.66 bits per heavy atom. The molecule has 2 aromatic heterocycles. The first-order valence-corrected chi connectivity index (χ1v) is 10.5. The molecule has 1 aliphatic rings. The van der Waals surface area contributed by atoms with Gasteiger partial charge in [0.15, 0.2) is 0 Å². The molecule has 3 heterocycles. The first-order chi connectivity index (χ1) is 14.3. The van der Waals surface area contributed by atoms with E-state index >= 15 is 0 Å². The number of piperazine rings is 1. The molecule has 1 saturated heterocycles. The van der Waals surface area contributed by atoms with Crippen LogP contribution in [0, 0.1) is 0 Å². The first kappa shape index (κ1) is 18.1. The van der Waals surface area contributed by atoms with Gasteiger partial charge >= 0.3 is 0 Å². The number of hydrogen-bond acceptors (Lipinski definition) is 4. The van der Waals surface area contributed by atoms with Gasteiger partial charge in [0.2, 0.25) is 5.95 Å². The Kier molecular flexibility index (Phi) is 4.90. The minimum Gasteiger partial charge on any atom is -0.354 e. The molecule has 29 heavy (non-hydrogen) atoms. The normalized spacial score (nSPS) is 16.5. The van der Waals surface area contributed by atoms with Crippen LogP contribution in [0.5, 0.6) is 0 Å². The topological polar surface area (TPSA) is 48.1 Å². The predicted octanol–water partition coefficient (Wildman–Crippen LogP) is 4.43. The summed E-state index contributed by atoms with van der Waals surface area (Å²) < 4.78 is 0. The van der Waals surface area contributed by atoms with Gasteiger partial charge in [0.05, 0.1) is 0 Å². The molecule has 1 fully saturated rings. The largest absolute Gasteiger partial charge is 0.354 e. The Labute approximate surface area is 171 Å². The van der Waals surface area contributed by atoms with Crippen molar-refractivity contribution in [1.29, 1.82) is 0 Å². The third-order valence-electron chi connectivity index (χ3n) is 6.19. The van der Waals surface area contributed by atoms with Gasteiger partial charge in [-0.3, -0.25) is 4.90 Å². The van der Waals surface area contributed by atoms with Crippen molar-refractivity contribution in [1.82, 2.24) is 19.9 Å². The van der Waals surface area contributed by atoms with Crippen LogP contribution in [0.1, 0.15) is 24.8 Å². The van der Waals surface area contributed by atoms with Gasteiger partial charge in [0.1, 0.15) is 0 Å². The standard InChI is InChI=1S/C24H27N5/c1-18(10-13-28-14-16-29(17-15-28)24-25-11-5-12-26-24)19-7-4-8-21-20-6-2-3-9-22(20)27-23(19)21/h2-9,11-12,18,27H,10,13-17H2,1H3. The molecule has 1 N–H and O–H groups in total. The van der Waals surface area contributed by atoms with Crippen molar-refractivity contribution in [3.63, 3.8) is 0 Å². The van der Waals surface area contributed by atoms with E-state index in [0.29, 0.717) is 5.92 Å². The number of H-pyrrole nitrogens is 1. The van der Waals surface area contributed by atoms with Crippen LogP contribution in [0.2, 0.25) is 0 Å². The maximum atomic E-state index is 4.38. The van der Waals surface area contributed by atoms with Crippen LogP contribution in [0.25, 0.3) is 21.8 Å². The molecular weight excluding hydrogens is 358 g/mol. The summed E-state index contributed by atoms with van der Waals surface area (Å²) in [5.41, 5.74) is 3.95. The fourth-order valence-electron chi connectivity index (χ4n) is 4.46. The Hall–Kier alpha value is -2.92. The molecular formula is C24H27N5. The van der Waals surface area contributed by atoms with Gasteiger partial charge in [0, 0.05) is 60.4 Å². The zero-order chi connectivity index (χ0) is 19.6. The van der Waals surface area contributed by atoms with Gasteiger partial charge in [-0.15, -0.1) is 0 Å². The molecule has 2 aromatic carbocycles. The SMILES string of the molecule is CC(CCN1CCN(c2ncccn2)CC1)c1cccc2c1[nH]c1ccccc12. The monoisotopic (exact) mass is 385 g/mol. The lowest BCUT2D eigenvalue weighted by Gasteiger charge is -2.35. The first-order valence-electron chi connectivity index (χ1n) is 10.5. The summed E-state index contributed by atoms with van der Waals surface area (Å²) in [5.74, 6) is 1.37. The van der Waals surface area contributed by atoms with Gasteiger partial charge in [-0.2, -0.15) is 0 Å². The number of aromatic amines is 1. The van der Waals surface area contributed by atoms with Gasteiger partial charge in [-0.25, -0.2) is 9.97 Å². The average Bonchev–Trinajstić information content (AvgIpc) is 3.17. The number of hydrogen-bond donors (Lipinski definition) is 1. The Balaban J connectivity index is 1.24. The van der Waals surface area contributed by atoms with E-state index in [-0.39, 0.29) is 0 Å². The predicted molar refractivity (Wildman–Crippen MR) is 120 cm³/mol. The molecule has 5 heteroatoms. The van der Waals surface area contributed by atoms with Crippen molar-refractivity contribution in [3.8, 4) is 0 Å². The quantitative estimate of drug-likeness (QED) is 0.552. The molecule has 0 aliphatic carbocycles. The highest BCUT2D eigenvalue weighted by atomic mass is 15.3. The summed E-state index contributed by atoms with van der Waals surface area (Å²) >= 11 is 0. The van der Waals surface area contributed by atoms with Crippen molar-refractivity contribution in [2.45, 2.75) is 19.3 Å². The minimum absolute atomic E-state index is 0.516. The highest BCUT2D eigenvalue weighted by Gasteiger charge is 2.20. The van der Waals surface area contributed by atoms with E-state index in [2.05, 4.69) is 74.1 Å². The Morgan fingerprint density at radius 1 is 0.897 bits per heavy atom.